The van der Waals surface area contributed by atoms with Crippen molar-refractivity contribution in [2.45, 2.75) is 19.9 Å². The molecule has 0 radical (unpaired) electrons. The fourth-order valence-corrected chi connectivity index (χ4v) is 3.36. The highest BCUT2D eigenvalue weighted by atomic mass is 35.5. The zero-order valence-electron chi connectivity index (χ0n) is 12.0. The Morgan fingerprint density at radius 2 is 1.43 bits per heavy atom. The molecule has 108 valence electrons. The fourth-order valence-electron chi connectivity index (χ4n) is 2.34. The molecule has 0 fully saturated rings. The first-order valence-electron chi connectivity index (χ1n) is 6.87. The largest absolute Gasteiger partial charge is 1.00 e. The van der Waals surface area contributed by atoms with Gasteiger partial charge in [-0.3, -0.25) is 0 Å². The van der Waals surface area contributed by atoms with Crippen LogP contribution in [0.15, 0.2) is 66.2 Å². The van der Waals surface area contributed by atoms with Crippen molar-refractivity contribution in [2.75, 3.05) is 0 Å². The molecule has 0 aliphatic carbocycles. The summed E-state index contributed by atoms with van der Waals surface area (Å²) < 4.78 is 2.35. The summed E-state index contributed by atoms with van der Waals surface area (Å²) in [4.78, 5) is 1.45. The molecule has 0 saturated carbocycles. The first-order chi connectivity index (χ1) is 9.83. The first kappa shape index (κ1) is 15.7. The molecule has 0 aliphatic heterocycles. The fraction of sp³-hybridized carbons (Fsp3) is 0.167. The Morgan fingerprint density at radius 1 is 0.857 bits per heavy atom. The van der Waals surface area contributed by atoms with Crippen LogP contribution in [-0.4, -0.2) is 0 Å². The molecule has 0 N–H and O–H groups in total. The van der Waals surface area contributed by atoms with E-state index in [0.29, 0.717) is 0 Å². The molecule has 0 saturated heterocycles. The van der Waals surface area contributed by atoms with E-state index in [0.717, 1.165) is 13.0 Å². The van der Waals surface area contributed by atoms with Crippen molar-refractivity contribution in [1.29, 1.82) is 0 Å². The summed E-state index contributed by atoms with van der Waals surface area (Å²) in [5, 5.41) is 0. The van der Waals surface area contributed by atoms with Crippen LogP contribution in [0.3, 0.4) is 0 Å². The summed E-state index contributed by atoms with van der Waals surface area (Å²) in [6.07, 6.45) is 1.03. The molecule has 0 unspecified atom stereocenters. The number of halogens is 1. The molecule has 21 heavy (non-hydrogen) atoms. The summed E-state index contributed by atoms with van der Waals surface area (Å²) in [5.74, 6) is 0. The minimum Gasteiger partial charge on any atom is -1.00 e. The van der Waals surface area contributed by atoms with Gasteiger partial charge in [0.25, 0.3) is 0 Å². The molecule has 2 aromatic carbocycles. The quantitative estimate of drug-likeness (QED) is 0.632. The topological polar surface area (TPSA) is 3.88 Å². The lowest BCUT2D eigenvalue weighted by atomic mass is 10.1. The standard InChI is InChI=1S/C18H18NS.ClH/c1-15-18(12-16-8-4-2-5-9-16)20-14-19(15)13-17-10-6-3-7-11-17;/h2-11,14H,12-13H2,1H3;1H/q+1;/p-1. The third kappa shape index (κ3) is 3.93. The molecule has 0 amide bonds. The minimum atomic E-state index is 0. The van der Waals surface area contributed by atoms with Crippen molar-refractivity contribution in [3.8, 4) is 0 Å². The molecule has 0 bridgehead atoms. The van der Waals surface area contributed by atoms with Crippen molar-refractivity contribution >= 4 is 11.3 Å². The van der Waals surface area contributed by atoms with E-state index in [2.05, 4.69) is 77.7 Å². The van der Waals surface area contributed by atoms with Crippen LogP contribution in [0, 0.1) is 6.92 Å². The van der Waals surface area contributed by atoms with Gasteiger partial charge in [0.1, 0.15) is 0 Å². The number of hydrogen-bond acceptors (Lipinski definition) is 1. The number of thiazole rings is 1. The Bertz CT molecular complexity index is 618. The van der Waals surface area contributed by atoms with Gasteiger partial charge < -0.3 is 12.4 Å². The molecule has 1 aromatic heterocycles. The predicted molar refractivity (Wildman–Crippen MR) is 84.0 cm³/mol. The van der Waals surface area contributed by atoms with Gasteiger partial charge >= 0.3 is 0 Å². The second-order valence-corrected chi connectivity index (χ2v) is 5.95. The van der Waals surface area contributed by atoms with Crippen LogP contribution in [0.1, 0.15) is 21.7 Å². The summed E-state index contributed by atoms with van der Waals surface area (Å²) in [5.41, 5.74) is 6.34. The summed E-state index contributed by atoms with van der Waals surface area (Å²) in [7, 11) is 0. The van der Waals surface area contributed by atoms with Crippen molar-refractivity contribution in [2.24, 2.45) is 0 Å². The molecule has 1 heterocycles. The highest BCUT2D eigenvalue weighted by Gasteiger charge is 2.15. The Balaban J connectivity index is 0.00000161. The SMILES string of the molecule is Cc1c(Cc2ccccc2)sc[n+]1Cc1ccccc1.[Cl-]. The number of benzene rings is 2. The van der Waals surface area contributed by atoms with Crippen LogP contribution < -0.4 is 17.0 Å². The van der Waals surface area contributed by atoms with Gasteiger partial charge in [-0.1, -0.05) is 72.0 Å². The van der Waals surface area contributed by atoms with E-state index >= 15 is 0 Å². The number of rotatable bonds is 4. The third-order valence-corrected chi connectivity index (χ3v) is 4.64. The van der Waals surface area contributed by atoms with Crippen molar-refractivity contribution in [1.82, 2.24) is 0 Å². The lowest BCUT2D eigenvalue weighted by Crippen LogP contribution is -3.00. The molecular formula is C18H18ClNS. The van der Waals surface area contributed by atoms with Crippen LogP contribution in [0.2, 0.25) is 0 Å². The first-order valence-corrected chi connectivity index (χ1v) is 7.75. The zero-order valence-corrected chi connectivity index (χ0v) is 13.6. The van der Waals surface area contributed by atoms with Crippen LogP contribution in [-0.2, 0) is 13.0 Å². The summed E-state index contributed by atoms with van der Waals surface area (Å²) in [6, 6.07) is 21.3. The monoisotopic (exact) mass is 315 g/mol. The Labute approximate surface area is 136 Å². The average Bonchev–Trinajstić information content (AvgIpc) is 2.83. The van der Waals surface area contributed by atoms with Crippen LogP contribution in [0.4, 0.5) is 0 Å². The van der Waals surface area contributed by atoms with E-state index in [1.807, 2.05) is 11.3 Å². The van der Waals surface area contributed by atoms with E-state index in [9.17, 15) is 0 Å². The third-order valence-electron chi connectivity index (χ3n) is 3.56. The van der Waals surface area contributed by atoms with Gasteiger partial charge in [0.2, 0.25) is 5.51 Å². The van der Waals surface area contributed by atoms with Crippen molar-refractivity contribution < 1.29 is 17.0 Å². The zero-order chi connectivity index (χ0) is 13.8. The lowest BCUT2D eigenvalue weighted by molar-refractivity contribution is -0.689. The summed E-state index contributed by atoms with van der Waals surface area (Å²) >= 11 is 1.85. The Kier molecular flexibility index (Phi) is 5.54. The second-order valence-electron chi connectivity index (χ2n) is 5.01. The molecule has 0 atom stereocenters. The molecule has 0 spiro atoms. The van der Waals surface area contributed by atoms with Crippen LogP contribution in [0.5, 0.6) is 0 Å². The maximum Gasteiger partial charge on any atom is 0.225 e. The molecule has 3 aromatic rings. The highest BCUT2D eigenvalue weighted by molar-refractivity contribution is 7.09. The lowest BCUT2D eigenvalue weighted by Gasteiger charge is -1.99. The average molecular weight is 316 g/mol. The van der Waals surface area contributed by atoms with Gasteiger partial charge in [-0.15, -0.1) is 0 Å². The van der Waals surface area contributed by atoms with E-state index in [1.165, 1.54) is 21.7 Å². The minimum absolute atomic E-state index is 0. The van der Waals surface area contributed by atoms with E-state index in [4.69, 9.17) is 0 Å². The van der Waals surface area contributed by atoms with Gasteiger partial charge in [-0.25, -0.2) is 0 Å². The van der Waals surface area contributed by atoms with Crippen LogP contribution in [0.25, 0.3) is 0 Å². The van der Waals surface area contributed by atoms with Gasteiger partial charge in [0.05, 0.1) is 4.88 Å². The second kappa shape index (κ2) is 7.39. The highest BCUT2D eigenvalue weighted by Crippen LogP contribution is 2.16. The van der Waals surface area contributed by atoms with Gasteiger partial charge in [-0.2, -0.15) is 4.57 Å². The van der Waals surface area contributed by atoms with Gasteiger partial charge in [0, 0.05) is 18.9 Å². The smallest absolute Gasteiger partial charge is 0.225 e. The molecule has 1 nitrogen and oxygen atoms in total. The van der Waals surface area contributed by atoms with E-state index in [1.54, 1.807) is 0 Å². The summed E-state index contributed by atoms with van der Waals surface area (Å²) in [6.45, 7) is 3.18. The number of aromatic nitrogens is 1. The number of hydrogen-bond donors (Lipinski definition) is 0. The van der Waals surface area contributed by atoms with Crippen molar-refractivity contribution in [3.63, 3.8) is 0 Å². The van der Waals surface area contributed by atoms with E-state index < -0.39 is 0 Å². The molecule has 3 heteroatoms. The predicted octanol–water partition coefficient (Wildman–Crippen LogP) is 0.987. The maximum atomic E-state index is 2.35. The molecule has 3 rings (SSSR count). The normalized spacial score (nSPS) is 10.1. The Hall–Kier alpha value is -1.64. The number of nitrogens with zero attached hydrogens (tertiary/aromatic N) is 1. The maximum absolute atomic E-state index is 2.35. The molecular weight excluding hydrogens is 298 g/mol. The van der Waals surface area contributed by atoms with Crippen LogP contribution >= 0.6 is 11.3 Å². The molecule has 0 aliphatic rings. The van der Waals surface area contributed by atoms with Gasteiger partial charge in [-0.05, 0) is 5.56 Å². The van der Waals surface area contributed by atoms with Gasteiger partial charge in [0.15, 0.2) is 12.2 Å². The Morgan fingerprint density at radius 3 is 2.05 bits per heavy atom. The van der Waals surface area contributed by atoms with Crippen molar-refractivity contribution in [3.05, 3.63) is 87.9 Å². The van der Waals surface area contributed by atoms with E-state index in [-0.39, 0.29) is 12.4 Å².